The molecule has 94 valence electrons. The molecule has 0 aliphatic rings. The fraction of sp³-hybridized carbons (Fsp3) is 0.182. The molecular weight excluding hydrogens is 268 g/mol. The van der Waals surface area contributed by atoms with E-state index in [1.54, 1.807) is 17.3 Å². The van der Waals surface area contributed by atoms with E-state index in [0.717, 1.165) is 9.90 Å². The Labute approximate surface area is 113 Å². The quantitative estimate of drug-likeness (QED) is 0.289. The van der Waals surface area contributed by atoms with Crippen molar-refractivity contribution in [2.45, 2.75) is 16.0 Å². The first kappa shape index (κ1) is 12.8. The summed E-state index contributed by atoms with van der Waals surface area (Å²) in [5, 5.41) is 19.6. The first-order valence-electron chi connectivity index (χ1n) is 5.23. The van der Waals surface area contributed by atoms with Gasteiger partial charge in [-0.2, -0.15) is 0 Å². The van der Waals surface area contributed by atoms with E-state index in [4.69, 9.17) is 10.9 Å². The molecule has 0 bridgehead atoms. The first-order valence-corrected chi connectivity index (χ1v) is 6.99. The van der Waals surface area contributed by atoms with E-state index in [0.29, 0.717) is 6.42 Å². The van der Waals surface area contributed by atoms with Gasteiger partial charge in [-0.1, -0.05) is 58.6 Å². The van der Waals surface area contributed by atoms with Crippen LogP contribution in [0, 0.1) is 0 Å². The summed E-state index contributed by atoms with van der Waals surface area (Å²) in [5.41, 5.74) is 8.40. The third kappa shape index (κ3) is 3.44. The number of thioether (sulfide) groups is 1. The van der Waals surface area contributed by atoms with Crippen LogP contribution in [0.2, 0.25) is 0 Å². The number of hydrogen-bond donors (Lipinski definition) is 2. The number of rotatable bonds is 5. The van der Waals surface area contributed by atoms with E-state index >= 15 is 0 Å². The summed E-state index contributed by atoms with van der Waals surface area (Å²) in [6, 6.07) is 9.93. The largest absolute Gasteiger partial charge is 0.409 e. The summed E-state index contributed by atoms with van der Waals surface area (Å²) in [4.78, 5) is 0. The van der Waals surface area contributed by atoms with E-state index in [1.807, 2.05) is 30.3 Å². The summed E-state index contributed by atoms with van der Waals surface area (Å²) in [6.07, 6.45) is 0.463. The predicted octanol–water partition coefficient (Wildman–Crippen LogP) is 2.51. The molecule has 1 heterocycles. The second-order valence-corrected chi connectivity index (χ2v) is 5.80. The van der Waals surface area contributed by atoms with Crippen LogP contribution < -0.4 is 5.73 Å². The van der Waals surface area contributed by atoms with Crippen LogP contribution in [0.1, 0.15) is 17.2 Å². The van der Waals surface area contributed by atoms with E-state index in [9.17, 15) is 0 Å². The van der Waals surface area contributed by atoms with Gasteiger partial charge in [0, 0.05) is 11.7 Å². The van der Waals surface area contributed by atoms with Gasteiger partial charge in [-0.25, -0.2) is 0 Å². The van der Waals surface area contributed by atoms with Crippen molar-refractivity contribution in [3.63, 3.8) is 0 Å². The van der Waals surface area contributed by atoms with Crippen LogP contribution >= 0.6 is 23.1 Å². The molecule has 2 aromatic rings. The van der Waals surface area contributed by atoms with Crippen molar-refractivity contribution >= 4 is 28.9 Å². The maximum absolute atomic E-state index is 8.68. The highest BCUT2D eigenvalue weighted by Gasteiger charge is 2.16. The van der Waals surface area contributed by atoms with Gasteiger partial charge in [0.1, 0.15) is 11.3 Å². The molecule has 0 aliphatic carbocycles. The molecule has 3 N–H and O–H groups in total. The van der Waals surface area contributed by atoms with Gasteiger partial charge >= 0.3 is 0 Å². The fourth-order valence-electron chi connectivity index (χ4n) is 1.46. The molecule has 0 amide bonds. The lowest BCUT2D eigenvalue weighted by Crippen LogP contribution is -2.14. The van der Waals surface area contributed by atoms with Crippen molar-refractivity contribution in [1.29, 1.82) is 0 Å². The number of oxime groups is 1. The van der Waals surface area contributed by atoms with Crippen molar-refractivity contribution in [2.24, 2.45) is 10.9 Å². The van der Waals surface area contributed by atoms with Crippen LogP contribution in [-0.4, -0.2) is 21.2 Å². The second-order valence-electron chi connectivity index (χ2n) is 3.52. The minimum Gasteiger partial charge on any atom is -0.409 e. The molecule has 1 aromatic carbocycles. The molecule has 0 spiro atoms. The fourth-order valence-corrected chi connectivity index (χ4v) is 3.33. The zero-order valence-corrected chi connectivity index (χ0v) is 11.1. The highest BCUT2D eigenvalue weighted by Crippen LogP contribution is 2.38. The van der Waals surface area contributed by atoms with Crippen LogP contribution in [0.25, 0.3) is 0 Å². The minimum atomic E-state index is 0.0649. The summed E-state index contributed by atoms with van der Waals surface area (Å²) in [7, 11) is 0. The number of hydrogen-bond acceptors (Lipinski definition) is 6. The number of nitrogens with zero attached hydrogens (tertiary/aromatic N) is 3. The molecular formula is C11H12N4OS2. The molecule has 2 rings (SSSR count). The van der Waals surface area contributed by atoms with E-state index in [1.165, 1.54) is 11.3 Å². The van der Waals surface area contributed by atoms with Gasteiger partial charge in [0.2, 0.25) is 0 Å². The lowest BCUT2D eigenvalue weighted by atomic mass is 10.1. The van der Waals surface area contributed by atoms with Gasteiger partial charge in [0.15, 0.2) is 4.34 Å². The highest BCUT2D eigenvalue weighted by atomic mass is 32.2. The van der Waals surface area contributed by atoms with Crippen LogP contribution in [0.5, 0.6) is 0 Å². The van der Waals surface area contributed by atoms with Crippen LogP contribution in [0.15, 0.2) is 45.3 Å². The SMILES string of the molecule is NC(CC(Sc1nncs1)c1ccccc1)=NO. The van der Waals surface area contributed by atoms with Crippen molar-refractivity contribution in [2.75, 3.05) is 0 Å². The molecule has 1 atom stereocenters. The first-order chi connectivity index (χ1) is 8.79. The highest BCUT2D eigenvalue weighted by molar-refractivity contribution is 8.01. The smallest absolute Gasteiger partial charge is 0.174 e. The molecule has 0 aliphatic heterocycles. The van der Waals surface area contributed by atoms with Gasteiger partial charge in [0.25, 0.3) is 0 Å². The molecule has 18 heavy (non-hydrogen) atoms. The van der Waals surface area contributed by atoms with Gasteiger partial charge in [-0.15, -0.1) is 10.2 Å². The lowest BCUT2D eigenvalue weighted by molar-refractivity contribution is 0.317. The number of benzene rings is 1. The predicted molar refractivity (Wildman–Crippen MR) is 73.0 cm³/mol. The zero-order chi connectivity index (χ0) is 12.8. The summed E-state index contributed by atoms with van der Waals surface area (Å²) < 4.78 is 0.870. The number of nitrogens with two attached hydrogens (primary N) is 1. The number of amidine groups is 1. The topological polar surface area (TPSA) is 84.4 Å². The lowest BCUT2D eigenvalue weighted by Gasteiger charge is -2.14. The molecule has 0 saturated heterocycles. The Morgan fingerprint density at radius 3 is 2.83 bits per heavy atom. The van der Waals surface area contributed by atoms with Crippen LogP contribution in [0.4, 0.5) is 0 Å². The molecule has 5 nitrogen and oxygen atoms in total. The van der Waals surface area contributed by atoms with Crippen molar-refractivity contribution < 1.29 is 5.21 Å². The molecule has 7 heteroatoms. The zero-order valence-electron chi connectivity index (χ0n) is 9.43. The van der Waals surface area contributed by atoms with E-state index < -0.39 is 0 Å². The Morgan fingerprint density at radius 2 is 2.22 bits per heavy atom. The maximum Gasteiger partial charge on any atom is 0.174 e. The molecule has 1 aromatic heterocycles. The number of aromatic nitrogens is 2. The normalized spacial score (nSPS) is 13.4. The Morgan fingerprint density at radius 1 is 1.44 bits per heavy atom. The Hall–Kier alpha value is -1.60. The maximum atomic E-state index is 8.68. The summed E-state index contributed by atoms with van der Waals surface area (Å²) in [6.45, 7) is 0. The van der Waals surface area contributed by atoms with Gasteiger partial charge < -0.3 is 10.9 Å². The Bertz CT molecular complexity index is 501. The van der Waals surface area contributed by atoms with Gasteiger partial charge in [-0.3, -0.25) is 0 Å². The summed E-state index contributed by atoms with van der Waals surface area (Å²) in [5.74, 6) is 0.209. The Kier molecular flexibility index (Phi) is 4.54. The standard InChI is InChI=1S/C11H12N4OS2/c12-10(15-16)6-9(8-4-2-1-3-5-8)18-11-14-13-7-17-11/h1-5,7,9,16H,6H2,(H2,12,15). The average Bonchev–Trinajstić information content (AvgIpc) is 2.92. The van der Waals surface area contributed by atoms with Crippen molar-refractivity contribution in [3.8, 4) is 0 Å². The van der Waals surface area contributed by atoms with Gasteiger partial charge in [-0.05, 0) is 5.56 Å². The minimum absolute atomic E-state index is 0.0649. The molecule has 1 unspecified atom stereocenters. The van der Waals surface area contributed by atoms with Gasteiger partial charge in [0.05, 0.1) is 0 Å². The monoisotopic (exact) mass is 280 g/mol. The second kappa shape index (κ2) is 6.36. The van der Waals surface area contributed by atoms with E-state index in [-0.39, 0.29) is 11.1 Å². The van der Waals surface area contributed by atoms with E-state index in [2.05, 4.69) is 15.4 Å². The molecule has 0 radical (unpaired) electrons. The molecule has 0 fully saturated rings. The third-order valence-electron chi connectivity index (χ3n) is 2.28. The third-order valence-corrected chi connectivity index (χ3v) is 4.34. The average molecular weight is 280 g/mol. The van der Waals surface area contributed by atoms with Crippen molar-refractivity contribution in [3.05, 3.63) is 41.4 Å². The summed E-state index contributed by atoms with van der Waals surface area (Å²) >= 11 is 3.04. The Balaban J connectivity index is 2.18. The van der Waals surface area contributed by atoms with Crippen LogP contribution in [0.3, 0.4) is 0 Å². The van der Waals surface area contributed by atoms with Crippen molar-refractivity contribution in [1.82, 2.24) is 10.2 Å². The van der Waals surface area contributed by atoms with Crippen LogP contribution in [-0.2, 0) is 0 Å². The molecule has 0 saturated carbocycles.